The first-order chi connectivity index (χ1) is 18.0. The summed E-state index contributed by atoms with van der Waals surface area (Å²) in [6, 6.07) is 1.91. The number of thiophene rings is 1. The predicted octanol–water partition coefficient (Wildman–Crippen LogP) is 4.59. The molecule has 10 nitrogen and oxygen atoms in total. The Morgan fingerprint density at radius 2 is 2.11 bits per heavy atom. The van der Waals surface area contributed by atoms with Crippen LogP contribution >= 0.6 is 11.3 Å². The molecule has 1 atom stereocenters. The summed E-state index contributed by atoms with van der Waals surface area (Å²) in [5, 5.41) is 21.5. The van der Waals surface area contributed by atoms with Gasteiger partial charge < -0.3 is 19.3 Å². The molecule has 0 aliphatic carbocycles. The number of aromatic nitrogens is 3. The molecule has 5 heterocycles. The molecule has 3 aromatic heterocycles. The van der Waals surface area contributed by atoms with Gasteiger partial charge in [-0.15, -0.1) is 11.3 Å². The molecule has 0 saturated carbocycles. The van der Waals surface area contributed by atoms with Crippen molar-refractivity contribution in [3.05, 3.63) is 40.7 Å². The average molecular weight is 525 g/mol. The molecule has 0 radical (unpaired) electrons. The molecule has 1 aromatic carbocycles. The van der Waals surface area contributed by atoms with Crippen LogP contribution in [0.5, 0.6) is 6.01 Å². The fraction of sp³-hybridized carbons (Fsp3) is 0.292. The molecule has 0 bridgehead atoms. The van der Waals surface area contributed by atoms with Gasteiger partial charge in [-0.2, -0.15) is 10.2 Å². The highest BCUT2D eigenvalue weighted by Crippen LogP contribution is 2.45. The molecule has 6 rings (SSSR count). The van der Waals surface area contributed by atoms with Crippen molar-refractivity contribution < 1.29 is 32.9 Å². The Kier molecular flexibility index (Phi) is 5.79. The van der Waals surface area contributed by atoms with Crippen molar-refractivity contribution in [1.29, 1.82) is 5.26 Å². The number of hydrogen-bond donors (Lipinski definition) is 2. The molecule has 2 N–H and O–H groups in total. The number of nitriles is 1. The first kappa shape index (κ1) is 23.4. The van der Waals surface area contributed by atoms with Gasteiger partial charge >= 0.3 is 12.1 Å². The van der Waals surface area contributed by atoms with Crippen LogP contribution < -0.4 is 10.1 Å². The minimum Gasteiger partial charge on any atom is -0.465 e. The summed E-state index contributed by atoms with van der Waals surface area (Å²) < 4.78 is 47.7. The Morgan fingerprint density at radius 1 is 1.27 bits per heavy atom. The smallest absolute Gasteiger partial charge is 0.409 e. The third kappa shape index (κ3) is 3.90. The van der Waals surface area contributed by atoms with E-state index < -0.39 is 17.7 Å². The number of amides is 1. The van der Waals surface area contributed by atoms with Crippen molar-refractivity contribution in [1.82, 2.24) is 15.0 Å². The van der Waals surface area contributed by atoms with Gasteiger partial charge in [0, 0.05) is 35.1 Å². The lowest BCUT2D eigenvalue weighted by Crippen LogP contribution is -2.13. The maximum atomic E-state index is 16.3. The number of fused-ring (bicyclic) bond motifs is 4. The van der Waals surface area contributed by atoms with Crippen molar-refractivity contribution in [3.63, 3.8) is 0 Å². The Balaban J connectivity index is 1.56. The quantitative estimate of drug-likeness (QED) is 0.383. The van der Waals surface area contributed by atoms with Gasteiger partial charge in [-0.3, -0.25) is 10.3 Å². The number of rotatable bonds is 5. The SMILES string of the molecule is N#Cc1c(NC(=O)O)sc2c(F)cnc(-c3c4c(c5cnc(OC[C@H]6CCOC6)nc5c3F)COC4)c12. The van der Waals surface area contributed by atoms with Gasteiger partial charge in [-0.25, -0.2) is 18.6 Å². The predicted molar refractivity (Wildman–Crippen MR) is 127 cm³/mol. The number of halogens is 2. The summed E-state index contributed by atoms with van der Waals surface area (Å²) in [4.78, 5) is 24.0. The molecule has 0 unspecified atom stereocenters. The lowest BCUT2D eigenvalue weighted by molar-refractivity contribution is 0.135. The average Bonchev–Trinajstić information content (AvgIpc) is 3.64. The van der Waals surface area contributed by atoms with E-state index in [1.54, 1.807) is 0 Å². The molecule has 188 valence electrons. The Morgan fingerprint density at radius 3 is 2.86 bits per heavy atom. The van der Waals surface area contributed by atoms with Gasteiger partial charge in [-0.1, -0.05) is 0 Å². The van der Waals surface area contributed by atoms with E-state index in [9.17, 15) is 14.4 Å². The lowest BCUT2D eigenvalue weighted by Gasteiger charge is -2.14. The van der Waals surface area contributed by atoms with Crippen molar-refractivity contribution >= 4 is 43.4 Å². The molecular formula is C24H17F2N5O5S. The van der Waals surface area contributed by atoms with Gasteiger partial charge in [-0.05, 0) is 17.5 Å². The number of ether oxygens (including phenoxy) is 3. The van der Waals surface area contributed by atoms with Crippen LogP contribution in [0.1, 0.15) is 23.1 Å². The summed E-state index contributed by atoms with van der Waals surface area (Å²) >= 11 is 0.737. The van der Waals surface area contributed by atoms with Crippen LogP contribution in [0, 0.1) is 28.9 Å². The lowest BCUT2D eigenvalue weighted by atomic mass is 9.94. The highest BCUT2D eigenvalue weighted by Gasteiger charge is 2.30. The second-order valence-corrected chi connectivity index (χ2v) is 9.62. The van der Waals surface area contributed by atoms with Gasteiger partial charge in [0.1, 0.15) is 16.6 Å². The minimum absolute atomic E-state index is 0.00141. The van der Waals surface area contributed by atoms with Crippen LogP contribution in [-0.4, -0.2) is 46.0 Å². The second-order valence-electron chi connectivity index (χ2n) is 8.60. The maximum absolute atomic E-state index is 16.3. The van der Waals surface area contributed by atoms with E-state index in [0.29, 0.717) is 36.3 Å². The van der Waals surface area contributed by atoms with E-state index in [4.69, 9.17) is 19.3 Å². The van der Waals surface area contributed by atoms with Crippen molar-refractivity contribution in [3.8, 4) is 23.3 Å². The van der Waals surface area contributed by atoms with Crippen LogP contribution in [0.15, 0.2) is 12.4 Å². The monoisotopic (exact) mass is 525 g/mol. The number of nitrogens with zero attached hydrogens (tertiary/aromatic N) is 4. The number of benzene rings is 1. The first-order valence-corrected chi connectivity index (χ1v) is 12.1. The molecule has 1 saturated heterocycles. The zero-order valence-corrected chi connectivity index (χ0v) is 19.8. The number of carbonyl (C=O) groups is 1. The van der Waals surface area contributed by atoms with Crippen LogP contribution in [0.4, 0.5) is 18.6 Å². The summed E-state index contributed by atoms with van der Waals surface area (Å²) in [6.45, 7) is 1.79. The fourth-order valence-corrected chi connectivity index (χ4v) is 5.72. The van der Waals surface area contributed by atoms with Gasteiger partial charge in [0.25, 0.3) is 0 Å². The summed E-state index contributed by atoms with van der Waals surface area (Å²) in [5.41, 5.74) is 0.960. The van der Waals surface area contributed by atoms with E-state index in [0.717, 1.165) is 24.0 Å². The van der Waals surface area contributed by atoms with Crippen molar-refractivity contribution in [2.75, 3.05) is 25.1 Å². The Labute approximate surface area is 211 Å². The second kappa shape index (κ2) is 9.15. The standard InChI is InChI=1S/C24H17F2N5O5S/c25-15-5-28-20(17-11(3-27)22(31-24(32)33)37-21(15)17)16-14-9-35-8-13(14)12-4-29-23(30-19(12)18(16)26)36-7-10-1-2-34-6-10/h4-5,10,31H,1-2,6-9H2,(H,32,33)/t10-/m0/s1. The first-order valence-electron chi connectivity index (χ1n) is 11.3. The van der Waals surface area contributed by atoms with E-state index in [-0.39, 0.29) is 62.6 Å². The van der Waals surface area contributed by atoms with E-state index in [2.05, 4.69) is 20.3 Å². The largest absolute Gasteiger partial charge is 0.465 e. The number of pyridine rings is 1. The zero-order valence-electron chi connectivity index (χ0n) is 19.0. The molecule has 1 amide bonds. The molecule has 4 aromatic rings. The Hall–Kier alpha value is -3.99. The van der Waals surface area contributed by atoms with Gasteiger partial charge in [0.05, 0.1) is 48.6 Å². The van der Waals surface area contributed by atoms with Gasteiger partial charge in [0.2, 0.25) is 0 Å². The molecule has 37 heavy (non-hydrogen) atoms. The van der Waals surface area contributed by atoms with Gasteiger partial charge in [0.15, 0.2) is 11.6 Å². The summed E-state index contributed by atoms with van der Waals surface area (Å²) in [7, 11) is 0. The number of hydrogen-bond acceptors (Lipinski definition) is 9. The van der Waals surface area contributed by atoms with Crippen molar-refractivity contribution in [2.45, 2.75) is 19.6 Å². The van der Waals surface area contributed by atoms with E-state index in [1.165, 1.54) is 6.20 Å². The van der Waals surface area contributed by atoms with Crippen molar-refractivity contribution in [2.24, 2.45) is 5.92 Å². The highest BCUT2D eigenvalue weighted by atomic mass is 32.1. The minimum atomic E-state index is -1.42. The van der Waals surface area contributed by atoms with Crippen LogP contribution in [-0.2, 0) is 22.7 Å². The third-order valence-electron chi connectivity index (χ3n) is 6.39. The van der Waals surface area contributed by atoms with Crippen LogP contribution in [0.3, 0.4) is 0 Å². The maximum Gasteiger partial charge on any atom is 0.409 e. The van der Waals surface area contributed by atoms with Crippen LogP contribution in [0.25, 0.3) is 32.2 Å². The third-order valence-corrected chi connectivity index (χ3v) is 7.50. The number of anilines is 1. The molecule has 2 aliphatic rings. The normalized spacial score (nSPS) is 16.7. The van der Waals surface area contributed by atoms with E-state index in [1.807, 2.05) is 6.07 Å². The number of carboxylic acid groups (broad SMARTS) is 1. The number of nitrogens with one attached hydrogen (secondary N) is 1. The zero-order chi connectivity index (χ0) is 25.7. The molecule has 1 fully saturated rings. The highest BCUT2D eigenvalue weighted by molar-refractivity contribution is 7.23. The summed E-state index contributed by atoms with van der Waals surface area (Å²) in [6.07, 6.45) is 1.84. The Bertz CT molecular complexity index is 1630. The van der Waals surface area contributed by atoms with E-state index >= 15 is 4.39 Å². The molecular weight excluding hydrogens is 508 g/mol. The molecule has 13 heteroatoms. The fourth-order valence-electron chi connectivity index (χ4n) is 4.67. The molecule has 2 aliphatic heterocycles. The summed E-state index contributed by atoms with van der Waals surface area (Å²) in [5.74, 6) is -1.32. The topological polar surface area (TPSA) is 139 Å². The molecule has 0 spiro atoms. The van der Waals surface area contributed by atoms with Crippen LogP contribution in [0.2, 0.25) is 0 Å².